The molecule has 1 fully saturated rings. The first kappa shape index (κ1) is 12.5. The van der Waals surface area contributed by atoms with Crippen molar-refractivity contribution in [1.82, 2.24) is 10.2 Å². The van der Waals surface area contributed by atoms with Gasteiger partial charge in [-0.1, -0.05) is 12.1 Å². The Bertz CT molecular complexity index is 357. The average molecular weight is 238 g/mol. The van der Waals surface area contributed by atoms with E-state index in [2.05, 4.69) is 10.2 Å². The second-order valence-corrected chi connectivity index (χ2v) is 4.39. The summed E-state index contributed by atoms with van der Waals surface area (Å²) in [5.41, 5.74) is 1.02. The van der Waals surface area contributed by atoms with Gasteiger partial charge in [-0.15, -0.1) is 0 Å². The zero-order valence-electron chi connectivity index (χ0n) is 10.2. The van der Waals surface area contributed by atoms with Crippen LogP contribution in [-0.4, -0.2) is 44.3 Å². The number of nitrogens with zero attached hydrogens (tertiary/aromatic N) is 1. The Kier molecular flexibility index (Phi) is 4.48. The third kappa shape index (κ3) is 3.49. The summed E-state index contributed by atoms with van der Waals surface area (Å²) in [6.07, 6.45) is 0. The van der Waals surface area contributed by atoms with Gasteiger partial charge in [-0.25, -0.2) is 4.39 Å². The Morgan fingerprint density at radius 1 is 1.53 bits per heavy atom. The maximum atomic E-state index is 13.1. The number of likely N-dealkylation sites (N-methyl/N-ethyl adjacent to an activating group) is 1. The molecule has 0 saturated carbocycles. The van der Waals surface area contributed by atoms with E-state index in [-0.39, 0.29) is 5.82 Å². The number of ether oxygens (including phenoxy) is 1. The van der Waals surface area contributed by atoms with Gasteiger partial charge in [0, 0.05) is 25.7 Å². The van der Waals surface area contributed by atoms with Crippen LogP contribution < -0.4 is 5.32 Å². The van der Waals surface area contributed by atoms with Crippen LogP contribution in [0.25, 0.3) is 0 Å². The lowest BCUT2D eigenvalue weighted by molar-refractivity contribution is -0.0103. The normalized spacial score (nSPS) is 21.6. The smallest absolute Gasteiger partial charge is 0.123 e. The third-order valence-electron chi connectivity index (χ3n) is 3.06. The Morgan fingerprint density at radius 2 is 2.41 bits per heavy atom. The van der Waals surface area contributed by atoms with E-state index in [0.29, 0.717) is 6.04 Å². The molecule has 1 N–H and O–H groups in total. The minimum Gasteiger partial charge on any atom is -0.378 e. The molecule has 1 unspecified atom stereocenters. The maximum absolute atomic E-state index is 13.1. The molecule has 0 spiro atoms. The molecule has 17 heavy (non-hydrogen) atoms. The van der Waals surface area contributed by atoms with Gasteiger partial charge in [-0.3, -0.25) is 4.90 Å². The maximum Gasteiger partial charge on any atom is 0.123 e. The second kappa shape index (κ2) is 6.10. The Morgan fingerprint density at radius 3 is 3.18 bits per heavy atom. The van der Waals surface area contributed by atoms with Crippen molar-refractivity contribution in [2.75, 3.05) is 33.4 Å². The van der Waals surface area contributed by atoms with Crippen LogP contribution in [0.1, 0.15) is 5.56 Å². The van der Waals surface area contributed by atoms with E-state index in [0.717, 1.165) is 38.4 Å². The van der Waals surface area contributed by atoms with Gasteiger partial charge in [-0.05, 0) is 24.7 Å². The quantitative estimate of drug-likeness (QED) is 0.854. The molecular weight excluding hydrogens is 219 g/mol. The molecule has 1 aromatic carbocycles. The van der Waals surface area contributed by atoms with E-state index in [1.807, 2.05) is 13.1 Å². The van der Waals surface area contributed by atoms with Crippen LogP contribution >= 0.6 is 0 Å². The van der Waals surface area contributed by atoms with Crippen molar-refractivity contribution >= 4 is 0 Å². The Balaban J connectivity index is 2.00. The standard InChI is InChI=1S/C13H19FN2O/c1-15-8-13-10-17-6-5-16(13)9-11-3-2-4-12(14)7-11/h2-4,7,13,15H,5-6,8-10H2,1H3. The van der Waals surface area contributed by atoms with E-state index >= 15 is 0 Å². The van der Waals surface area contributed by atoms with Crippen molar-refractivity contribution < 1.29 is 9.13 Å². The molecule has 0 aromatic heterocycles. The molecule has 0 radical (unpaired) electrons. The van der Waals surface area contributed by atoms with Gasteiger partial charge in [0.1, 0.15) is 5.82 Å². The van der Waals surface area contributed by atoms with Crippen molar-refractivity contribution in [2.24, 2.45) is 0 Å². The summed E-state index contributed by atoms with van der Waals surface area (Å²) in [6.45, 7) is 4.09. The van der Waals surface area contributed by atoms with Crippen LogP contribution in [0.5, 0.6) is 0 Å². The number of hydrogen-bond acceptors (Lipinski definition) is 3. The fraction of sp³-hybridized carbons (Fsp3) is 0.538. The summed E-state index contributed by atoms with van der Waals surface area (Å²) >= 11 is 0. The fourth-order valence-electron chi connectivity index (χ4n) is 2.19. The van der Waals surface area contributed by atoms with E-state index in [1.165, 1.54) is 6.07 Å². The highest BCUT2D eigenvalue weighted by Crippen LogP contribution is 2.12. The number of hydrogen-bond donors (Lipinski definition) is 1. The van der Waals surface area contributed by atoms with E-state index in [9.17, 15) is 4.39 Å². The highest BCUT2D eigenvalue weighted by atomic mass is 19.1. The van der Waals surface area contributed by atoms with Gasteiger partial charge in [0.2, 0.25) is 0 Å². The molecule has 1 aromatic rings. The summed E-state index contributed by atoms with van der Waals surface area (Å²) in [5, 5.41) is 3.17. The van der Waals surface area contributed by atoms with Crippen LogP contribution in [0.3, 0.4) is 0 Å². The molecule has 0 aliphatic carbocycles. The highest BCUT2D eigenvalue weighted by molar-refractivity contribution is 5.16. The number of nitrogens with one attached hydrogen (secondary N) is 1. The molecule has 0 bridgehead atoms. The van der Waals surface area contributed by atoms with Crippen LogP contribution in [0.4, 0.5) is 4.39 Å². The minimum absolute atomic E-state index is 0.166. The first-order valence-corrected chi connectivity index (χ1v) is 6.00. The van der Waals surface area contributed by atoms with Crippen molar-refractivity contribution in [2.45, 2.75) is 12.6 Å². The number of morpholine rings is 1. The molecule has 1 aliphatic heterocycles. The van der Waals surface area contributed by atoms with Crippen LogP contribution in [0, 0.1) is 5.82 Å². The first-order valence-electron chi connectivity index (χ1n) is 6.00. The molecular formula is C13H19FN2O. The SMILES string of the molecule is CNCC1COCCN1Cc1cccc(F)c1. The van der Waals surface area contributed by atoms with E-state index in [1.54, 1.807) is 12.1 Å². The zero-order valence-corrected chi connectivity index (χ0v) is 10.2. The number of halogens is 1. The average Bonchev–Trinajstić information content (AvgIpc) is 2.32. The van der Waals surface area contributed by atoms with Gasteiger partial charge in [-0.2, -0.15) is 0 Å². The summed E-state index contributed by atoms with van der Waals surface area (Å²) in [7, 11) is 1.94. The van der Waals surface area contributed by atoms with Crippen molar-refractivity contribution in [1.29, 1.82) is 0 Å². The number of rotatable bonds is 4. The molecule has 94 valence electrons. The van der Waals surface area contributed by atoms with Gasteiger partial charge in [0.25, 0.3) is 0 Å². The summed E-state index contributed by atoms with van der Waals surface area (Å²) in [4.78, 5) is 2.34. The lowest BCUT2D eigenvalue weighted by Gasteiger charge is -2.35. The molecule has 0 amide bonds. The van der Waals surface area contributed by atoms with Gasteiger partial charge < -0.3 is 10.1 Å². The van der Waals surface area contributed by atoms with Gasteiger partial charge in [0.15, 0.2) is 0 Å². The zero-order chi connectivity index (χ0) is 12.1. The van der Waals surface area contributed by atoms with Crippen molar-refractivity contribution in [3.8, 4) is 0 Å². The largest absolute Gasteiger partial charge is 0.378 e. The Labute approximate surface area is 102 Å². The van der Waals surface area contributed by atoms with Crippen LogP contribution in [0.15, 0.2) is 24.3 Å². The van der Waals surface area contributed by atoms with Crippen molar-refractivity contribution in [3.63, 3.8) is 0 Å². The molecule has 3 nitrogen and oxygen atoms in total. The molecule has 4 heteroatoms. The van der Waals surface area contributed by atoms with Crippen LogP contribution in [-0.2, 0) is 11.3 Å². The molecule has 1 heterocycles. The predicted molar refractivity (Wildman–Crippen MR) is 65.3 cm³/mol. The topological polar surface area (TPSA) is 24.5 Å². The highest BCUT2D eigenvalue weighted by Gasteiger charge is 2.22. The third-order valence-corrected chi connectivity index (χ3v) is 3.06. The Hall–Kier alpha value is -0.970. The van der Waals surface area contributed by atoms with Gasteiger partial charge >= 0.3 is 0 Å². The van der Waals surface area contributed by atoms with Crippen molar-refractivity contribution in [3.05, 3.63) is 35.6 Å². The first-order chi connectivity index (χ1) is 8.29. The minimum atomic E-state index is -0.166. The lowest BCUT2D eigenvalue weighted by Crippen LogP contribution is -2.49. The van der Waals surface area contributed by atoms with Gasteiger partial charge in [0.05, 0.1) is 13.2 Å². The summed E-state index contributed by atoms with van der Waals surface area (Å²) in [5.74, 6) is -0.166. The van der Waals surface area contributed by atoms with Crippen LogP contribution in [0.2, 0.25) is 0 Å². The molecule has 2 rings (SSSR count). The number of benzene rings is 1. The predicted octanol–water partition coefficient (Wildman–Crippen LogP) is 1.25. The second-order valence-electron chi connectivity index (χ2n) is 4.39. The van der Waals surface area contributed by atoms with E-state index in [4.69, 9.17) is 4.74 Å². The molecule has 1 saturated heterocycles. The molecule has 1 atom stereocenters. The molecule has 1 aliphatic rings. The summed E-state index contributed by atoms with van der Waals surface area (Å²) in [6, 6.07) is 7.18. The fourth-order valence-corrected chi connectivity index (χ4v) is 2.19. The van der Waals surface area contributed by atoms with E-state index < -0.39 is 0 Å². The summed E-state index contributed by atoms with van der Waals surface area (Å²) < 4.78 is 18.6. The monoisotopic (exact) mass is 238 g/mol. The lowest BCUT2D eigenvalue weighted by atomic mass is 10.1.